The number of hydrogen-bond acceptors (Lipinski definition) is 6. The number of rotatable bonds is 8. The van der Waals surface area contributed by atoms with E-state index in [1.165, 1.54) is 5.56 Å². The summed E-state index contributed by atoms with van der Waals surface area (Å²) >= 11 is 6.99. The highest BCUT2D eigenvalue weighted by atomic mass is 35.5. The molecule has 10 heteroatoms. The molecule has 36 heavy (non-hydrogen) atoms. The van der Waals surface area contributed by atoms with E-state index in [1.54, 1.807) is 34.9 Å². The summed E-state index contributed by atoms with van der Waals surface area (Å²) in [6.45, 7) is 4.80. The van der Waals surface area contributed by atoms with Gasteiger partial charge in [-0.3, -0.25) is 14.3 Å². The highest BCUT2D eigenvalue weighted by Crippen LogP contribution is 2.23. The van der Waals surface area contributed by atoms with Crippen LogP contribution < -0.4 is 9.60 Å². The molecule has 1 N–H and O–H groups in total. The Morgan fingerprint density at radius 3 is 2.25 bits per heavy atom. The van der Waals surface area contributed by atoms with E-state index in [9.17, 15) is 13.2 Å². The first-order valence-corrected chi connectivity index (χ1v) is 14.3. The number of morpholine rings is 1. The third-order valence-corrected chi connectivity index (χ3v) is 8.80. The summed E-state index contributed by atoms with van der Waals surface area (Å²) in [5.41, 5.74) is 3.71. The van der Waals surface area contributed by atoms with Crippen molar-refractivity contribution < 1.29 is 13.2 Å². The second-order valence-corrected chi connectivity index (χ2v) is 11.9. The molecule has 1 fully saturated rings. The summed E-state index contributed by atoms with van der Waals surface area (Å²) in [6, 6.07) is 20.1. The molecule has 2 heterocycles. The van der Waals surface area contributed by atoms with E-state index in [1.807, 2.05) is 36.4 Å². The van der Waals surface area contributed by atoms with E-state index in [-0.39, 0.29) is 16.3 Å². The predicted molar refractivity (Wildman–Crippen MR) is 143 cm³/mol. The van der Waals surface area contributed by atoms with Crippen LogP contribution in [0.2, 0.25) is 5.02 Å². The van der Waals surface area contributed by atoms with Gasteiger partial charge in [0.2, 0.25) is 10.0 Å². The van der Waals surface area contributed by atoms with Crippen LogP contribution in [-0.4, -0.2) is 44.2 Å². The molecule has 1 aliphatic heterocycles. The lowest BCUT2D eigenvalue weighted by Gasteiger charge is -2.26. The zero-order valence-corrected chi connectivity index (χ0v) is 21.9. The standard InChI is InChI=1S/C26H26ClN3O4S2/c27-22-7-5-21(6-8-22)18-30-24-10-9-23(15-25(24)35-26(30)31)36(32,33)28-16-19-1-3-20(4-2-19)17-29-11-13-34-14-12-29/h1-10,15,28H,11-14,16-18H2. The van der Waals surface area contributed by atoms with Gasteiger partial charge in [0.1, 0.15) is 0 Å². The molecule has 0 spiro atoms. The number of nitrogens with one attached hydrogen (secondary N) is 1. The maximum Gasteiger partial charge on any atom is 0.308 e. The van der Waals surface area contributed by atoms with Crippen LogP contribution in [0.3, 0.4) is 0 Å². The van der Waals surface area contributed by atoms with Gasteiger partial charge < -0.3 is 4.74 Å². The first kappa shape index (κ1) is 25.1. The van der Waals surface area contributed by atoms with E-state index < -0.39 is 10.0 Å². The van der Waals surface area contributed by atoms with Crippen molar-refractivity contribution >= 4 is 43.2 Å². The third kappa shape index (κ3) is 5.88. The van der Waals surface area contributed by atoms with E-state index in [0.717, 1.165) is 55.3 Å². The van der Waals surface area contributed by atoms with Crippen molar-refractivity contribution in [2.24, 2.45) is 0 Å². The molecule has 0 aliphatic carbocycles. The minimum absolute atomic E-state index is 0.138. The Balaban J connectivity index is 1.26. The summed E-state index contributed by atoms with van der Waals surface area (Å²) in [5, 5.41) is 0.632. The fourth-order valence-electron chi connectivity index (χ4n) is 4.18. The fourth-order valence-corrected chi connectivity index (χ4v) is 6.35. The van der Waals surface area contributed by atoms with Crippen LogP contribution in [0, 0.1) is 0 Å². The van der Waals surface area contributed by atoms with Crippen molar-refractivity contribution in [1.29, 1.82) is 0 Å². The largest absolute Gasteiger partial charge is 0.379 e. The SMILES string of the molecule is O=c1sc2cc(S(=O)(=O)NCc3ccc(CN4CCOCC4)cc3)ccc2n1Cc1ccc(Cl)cc1. The van der Waals surface area contributed by atoms with Crippen LogP contribution in [0.1, 0.15) is 16.7 Å². The van der Waals surface area contributed by atoms with Crippen molar-refractivity contribution in [2.45, 2.75) is 24.5 Å². The van der Waals surface area contributed by atoms with Crippen LogP contribution in [0.25, 0.3) is 10.2 Å². The number of sulfonamides is 1. The van der Waals surface area contributed by atoms with Crippen molar-refractivity contribution in [3.05, 3.63) is 98.1 Å². The van der Waals surface area contributed by atoms with E-state index in [0.29, 0.717) is 21.8 Å². The number of hydrogen-bond donors (Lipinski definition) is 1. The van der Waals surface area contributed by atoms with Crippen molar-refractivity contribution in [2.75, 3.05) is 26.3 Å². The minimum Gasteiger partial charge on any atom is -0.379 e. The topological polar surface area (TPSA) is 80.6 Å². The lowest BCUT2D eigenvalue weighted by Crippen LogP contribution is -2.35. The van der Waals surface area contributed by atoms with E-state index in [2.05, 4.69) is 9.62 Å². The van der Waals surface area contributed by atoms with Gasteiger partial charge in [-0.05, 0) is 47.0 Å². The lowest BCUT2D eigenvalue weighted by molar-refractivity contribution is 0.0342. The number of aromatic nitrogens is 1. The molecule has 4 aromatic rings. The molecular weight excluding hydrogens is 518 g/mol. The molecule has 188 valence electrons. The summed E-state index contributed by atoms with van der Waals surface area (Å²) in [7, 11) is -3.74. The number of halogens is 1. The monoisotopic (exact) mass is 543 g/mol. The van der Waals surface area contributed by atoms with E-state index >= 15 is 0 Å². The van der Waals surface area contributed by atoms with E-state index in [4.69, 9.17) is 16.3 Å². The van der Waals surface area contributed by atoms with Crippen LogP contribution >= 0.6 is 22.9 Å². The Hall–Kier alpha value is -2.53. The molecule has 7 nitrogen and oxygen atoms in total. The zero-order chi connectivity index (χ0) is 25.1. The number of nitrogens with zero attached hydrogens (tertiary/aromatic N) is 2. The highest BCUT2D eigenvalue weighted by Gasteiger charge is 2.17. The quantitative estimate of drug-likeness (QED) is 0.362. The molecule has 0 bridgehead atoms. The predicted octanol–water partition coefficient (Wildman–Crippen LogP) is 4.08. The average Bonchev–Trinajstić information content (AvgIpc) is 3.19. The summed E-state index contributed by atoms with van der Waals surface area (Å²) in [4.78, 5) is 15.0. The molecular formula is C26H26ClN3O4S2. The van der Waals surface area contributed by atoms with Gasteiger partial charge in [-0.1, -0.05) is 59.3 Å². The average molecular weight is 544 g/mol. The minimum atomic E-state index is -3.74. The maximum atomic E-state index is 13.0. The number of thiazole rings is 1. The molecule has 0 saturated carbocycles. The maximum absolute atomic E-state index is 13.0. The lowest BCUT2D eigenvalue weighted by atomic mass is 10.1. The zero-order valence-electron chi connectivity index (χ0n) is 19.5. The Morgan fingerprint density at radius 1 is 0.889 bits per heavy atom. The van der Waals surface area contributed by atoms with Gasteiger partial charge in [0, 0.05) is 31.2 Å². The second kappa shape index (κ2) is 10.8. The van der Waals surface area contributed by atoms with Crippen molar-refractivity contribution in [3.8, 4) is 0 Å². The molecule has 0 atom stereocenters. The molecule has 0 radical (unpaired) electrons. The summed E-state index contributed by atoms with van der Waals surface area (Å²) in [5.74, 6) is 0. The molecule has 1 aliphatic rings. The van der Waals surface area contributed by atoms with Crippen molar-refractivity contribution in [3.63, 3.8) is 0 Å². The molecule has 5 rings (SSSR count). The summed E-state index contributed by atoms with van der Waals surface area (Å²) < 4.78 is 36.3. The van der Waals surface area contributed by atoms with Gasteiger partial charge in [0.25, 0.3) is 0 Å². The van der Waals surface area contributed by atoms with Gasteiger partial charge >= 0.3 is 4.87 Å². The molecule has 3 aromatic carbocycles. The molecule has 1 saturated heterocycles. The van der Waals surface area contributed by atoms with Crippen LogP contribution in [0.5, 0.6) is 0 Å². The van der Waals surface area contributed by atoms with Crippen LogP contribution in [0.4, 0.5) is 0 Å². The Kier molecular flexibility index (Phi) is 7.57. The Morgan fingerprint density at radius 2 is 1.53 bits per heavy atom. The normalized spacial score (nSPS) is 14.9. The van der Waals surface area contributed by atoms with Gasteiger partial charge in [-0.15, -0.1) is 0 Å². The smallest absolute Gasteiger partial charge is 0.308 e. The number of benzene rings is 3. The number of fused-ring (bicyclic) bond motifs is 1. The van der Waals surface area contributed by atoms with Gasteiger partial charge in [0.15, 0.2) is 0 Å². The van der Waals surface area contributed by atoms with Gasteiger partial charge in [-0.2, -0.15) is 0 Å². The fraction of sp³-hybridized carbons (Fsp3) is 0.269. The third-order valence-electron chi connectivity index (χ3n) is 6.20. The van der Waals surface area contributed by atoms with Crippen molar-refractivity contribution in [1.82, 2.24) is 14.2 Å². The molecule has 1 aromatic heterocycles. The van der Waals surface area contributed by atoms with Gasteiger partial charge in [-0.25, -0.2) is 13.1 Å². The molecule has 0 unspecified atom stereocenters. The Bertz CT molecular complexity index is 1510. The second-order valence-electron chi connectivity index (χ2n) is 8.74. The van der Waals surface area contributed by atoms with Gasteiger partial charge in [0.05, 0.1) is 34.9 Å². The Labute approximate surface area is 218 Å². The number of ether oxygens (including phenoxy) is 1. The highest BCUT2D eigenvalue weighted by molar-refractivity contribution is 7.89. The van der Waals surface area contributed by atoms with Crippen LogP contribution in [0.15, 0.2) is 76.4 Å². The van der Waals surface area contributed by atoms with Crippen LogP contribution in [-0.2, 0) is 34.4 Å². The first-order chi connectivity index (χ1) is 17.4. The first-order valence-electron chi connectivity index (χ1n) is 11.6. The summed E-state index contributed by atoms with van der Waals surface area (Å²) in [6.07, 6.45) is 0. The molecule has 0 amide bonds.